The van der Waals surface area contributed by atoms with Crippen molar-refractivity contribution in [2.75, 3.05) is 11.5 Å². The zero-order valence-electron chi connectivity index (χ0n) is 5.64. The number of H-pyrrole nitrogens is 1. The Morgan fingerprint density at radius 3 is 2.60 bits per heavy atom. The maximum Gasteiger partial charge on any atom is 0.251 e. The third-order valence-electron chi connectivity index (χ3n) is 1.38. The molecule has 0 aliphatic heterocycles. The van der Waals surface area contributed by atoms with Gasteiger partial charge in [-0.15, -0.1) is 0 Å². The highest BCUT2D eigenvalue weighted by Gasteiger charge is 1.97. The number of nitrogen functional groups attached to an aromatic ring is 2. The van der Waals surface area contributed by atoms with Gasteiger partial charge in [0.25, 0.3) is 5.56 Å². The Bertz CT molecular complexity index is 276. The molecule has 0 radical (unpaired) electrons. The minimum absolute atomic E-state index is 0.263. The lowest BCUT2D eigenvalue weighted by Crippen LogP contribution is -2.11. The quantitative estimate of drug-likeness (QED) is 0.467. The van der Waals surface area contributed by atoms with Gasteiger partial charge in [0, 0.05) is 17.3 Å². The van der Waals surface area contributed by atoms with Crippen LogP contribution in [0.1, 0.15) is 5.56 Å². The summed E-state index contributed by atoms with van der Waals surface area (Å²) in [7, 11) is 0. The summed E-state index contributed by atoms with van der Waals surface area (Å²) in [5.74, 6) is 0.338. The maximum absolute atomic E-state index is 10.6. The summed E-state index contributed by atoms with van der Waals surface area (Å²) in [6, 6.07) is 1.31. The molecule has 5 N–H and O–H groups in total. The molecule has 0 saturated carbocycles. The average molecular weight is 139 g/mol. The Morgan fingerprint density at radius 1 is 1.50 bits per heavy atom. The molecule has 0 fully saturated rings. The van der Waals surface area contributed by atoms with Crippen LogP contribution in [0, 0.1) is 6.92 Å². The van der Waals surface area contributed by atoms with E-state index in [2.05, 4.69) is 4.98 Å². The Labute approximate surface area is 57.9 Å². The highest BCUT2D eigenvalue weighted by Crippen LogP contribution is 2.10. The van der Waals surface area contributed by atoms with Crippen LogP contribution < -0.4 is 17.0 Å². The molecule has 0 spiro atoms. The molecular weight excluding hydrogens is 130 g/mol. The van der Waals surface area contributed by atoms with Gasteiger partial charge in [-0.25, -0.2) is 0 Å². The van der Waals surface area contributed by atoms with Crippen molar-refractivity contribution in [3.8, 4) is 0 Å². The zero-order chi connectivity index (χ0) is 7.72. The van der Waals surface area contributed by atoms with Crippen molar-refractivity contribution >= 4 is 11.5 Å². The van der Waals surface area contributed by atoms with Crippen molar-refractivity contribution in [1.29, 1.82) is 0 Å². The molecule has 0 aromatic carbocycles. The standard InChI is InChI=1S/C6H9N3O/c1-3-4(7)2-5(10)9-6(3)8/h2H,1H3,(H5,7,8,9,10). The molecule has 1 rings (SSSR count). The smallest absolute Gasteiger partial charge is 0.251 e. The highest BCUT2D eigenvalue weighted by molar-refractivity contribution is 5.55. The second-order valence-corrected chi connectivity index (χ2v) is 2.13. The largest absolute Gasteiger partial charge is 0.398 e. The molecule has 1 heterocycles. The molecule has 0 unspecified atom stereocenters. The van der Waals surface area contributed by atoms with Gasteiger partial charge in [0.15, 0.2) is 0 Å². The van der Waals surface area contributed by atoms with E-state index < -0.39 is 0 Å². The second kappa shape index (κ2) is 2.06. The molecule has 0 saturated heterocycles. The summed E-state index contributed by atoms with van der Waals surface area (Å²) in [5.41, 5.74) is 11.7. The topological polar surface area (TPSA) is 84.9 Å². The number of pyridine rings is 1. The second-order valence-electron chi connectivity index (χ2n) is 2.13. The van der Waals surface area contributed by atoms with Crippen LogP contribution in [0.4, 0.5) is 11.5 Å². The molecule has 1 aromatic rings. The summed E-state index contributed by atoms with van der Waals surface area (Å²) in [6.45, 7) is 1.75. The minimum Gasteiger partial charge on any atom is -0.398 e. The van der Waals surface area contributed by atoms with Crippen molar-refractivity contribution in [2.24, 2.45) is 0 Å². The van der Waals surface area contributed by atoms with Gasteiger partial charge in [0.1, 0.15) is 5.82 Å². The molecule has 54 valence electrons. The number of hydrogen-bond donors (Lipinski definition) is 3. The van der Waals surface area contributed by atoms with Crippen molar-refractivity contribution in [2.45, 2.75) is 6.92 Å². The summed E-state index contributed by atoms with van der Waals surface area (Å²) in [6.07, 6.45) is 0. The SMILES string of the molecule is Cc1c(N)cc(=O)[nH]c1N. The fraction of sp³-hybridized carbons (Fsp3) is 0.167. The van der Waals surface area contributed by atoms with E-state index in [1.54, 1.807) is 6.92 Å². The molecule has 0 aliphatic carbocycles. The molecule has 0 amide bonds. The van der Waals surface area contributed by atoms with E-state index in [4.69, 9.17) is 11.5 Å². The number of nitrogens with two attached hydrogens (primary N) is 2. The normalized spacial score (nSPS) is 9.70. The summed E-state index contributed by atoms with van der Waals surface area (Å²) in [5, 5.41) is 0. The minimum atomic E-state index is -0.263. The number of rotatable bonds is 0. The van der Waals surface area contributed by atoms with E-state index in [1.165, 1.54) is 6.07 Å². The molecule has 4 nitrogen and oxygen atoms in total. The number of aromatic amines is 1. The van der Waals surface area contributed by atoms with Gasteiger partial charge in [-0.3, -0.25) is 4.79 Å². The van der Waals surface area contributed by atoms with E-state index in [-0.39, 0.29) is 5.56 Å². The Kier molecular flexibility index (Phi) is 1.37. The first kappa shape index (κ1) is 6.67. The fourth-order valence-corrected chi connectivity index (χ4v) is 0.668. The molecule has 4 heteroatoms. The third-order valence-corrected chi connectivity index (χ3v) is 1.38. The highest BCUT2D eigenvalue weighted by atomic mass is 16.1. The van der Waals surface area contributed by atoms with Gasteiger partial charge in [-0.2, -0.15) is 0 Å². The first-order chi connectivity index (χ1) is 4.61. The molecule has 0 bridgehead atoms. The van der Waals surface area contributed by atoms with Gasteiger partial charge in [-0.1, -0.05) is 0 Å². The van der Waals surface area contributed by atoms with Crippen molar-refractivity contribution < 1.29 is 0 Å². The van der Waals surface area contributed by atoms with Gasteiger partial charge in [0.2, 0.25) is 0 Å². The molecular formula is C6H9N3O. The van der Waals surface area contributed by atoms with Crippen LogP contribution in [0.3, 0.4) is 0 Å². The first-order valence-electron chi connectivity index (χ1n) is 2.86. The van der Waals surface area contributed by atoms with Crippen LogP contribution in [0.25, 0.3) is 0 Å². The van der Waals surface area contributed by atoms with Crippen LogP contribution >= 0.6 is 0 Å². The predicted octanol–water partition coefficient (Wildman–Crippen LogP) is -0.152. The zero-order valence-corrected chi connectivity index (χ0v) is 5.64. The summed E-state index contributed by atoms with van der Waals surface area (Å²) >= 11 is 0. The van der Waals surface area contributed by atoms with Crippen molar-refractivity contribution in [1.82, 2.24) is 4.98 Å². The Hall–Kier alpha value is -1.45. The van der Waals surface area contributed by atoms with Crippen LogP contribution in [0.2, 0.25) is 0 Å². The number of aromatic nitrogens is 1. The average Bonchev–Trinajstić information content (AvgIpc) is 1.82. The molecule has 0 aliphatic rings. The first-order valence-corrected chi connectivity index (χ1v) is 2.86. The number of nitrogens with one attached hydrogen (secondary N) is 1. The summed E-state index contributed by atoms with van der Waals surface area (Å²) < 4.78 is 0. The van der Waals surface area contributed by atoms with E-state index in [9.17, 15) is 4.79 Å². The van der Waals surface area contributed by atoms with Crippen LogP contribution in [0.5, 0.6) is 0 Å². The van der Waals surface area contributed by atoms with Crippen molar-refractivity contribution in [3.05, 3.63) is 22.0 Å². The van der Waals surface area contributed by atoms with E-state index in [1.807, 2.05) is 0 Å². The van der Waals surface area contributed by atoms with E-state index in [0.717, 1.165) is 5.56 Å². The molecule has 0 atom stereocenters. The van der Waals surface area contributed by atoms with Crippen LogP contribution in [-0.2, 0) is 0 Å². The van der Waals surface area contributed by atoms with Crippen molar-refractivity contribution in [3.63, 3.8) is 0 Å². The lowest BCUT2D eigenvalue weighted by Gasteiger charge is -2.00. The fourth-order valence-electron chi connectivity index (χ4n) is 0.668. The lowest BCUT2D eigenvalue weighted by atomic mass is 10.2. The maximum atomic E-state index is 10.6. The molecule has 10 heavy (non-hydrogen) atoms. The third kappa shape index (κ3) is 0.953. The van der Waals surface area contributed by atoms with Gasteiger partial charge in [0.05, 0.1) is 0 Å². The van der Waals surface area contributed by atoms with E-state index in [0.29, 0.717) is 11.5 Å². The number of hydrogen-bond acceptors (Lipinski definition) is 3. The predicted molar refractivity (Wildman–Crippen MR) is 40.6 cm³/mol. The van der Waals surface area contributed by atoms with Gasteiger partial charge in [-0.05, 0) is 6.92 Å². The van der Waals surface area contributed by atoms with Gasteiger partial charge >= 0.3 is 0 Å². The van der Waals surface area contributed by atoms with Crippen LogP contribution in [0.15, 0.2) is 10.9 Å². The molecule has 1 aromatic heterocycles. The number of anilines is 2. The van der Waals surface area contributed by atoms with Crippen LogP contribution in [-0.4, -0.2) is 4.98 Å². The summed E-state index contributed by atoms with van der Waals surface area (Å²) in [4.78, 5) is 13.1. The Balaban J connectivity index is 3.46. The monoisotopic (exact) mass is 139 g/mol. The van der Waals surface area contributed by atoms with Gasteiger partial charge < -0.3 is 16.5 Å². The Morgan fingerprint density at radius 2 is 2.10 bits per heavy atom. The van der Waals surface area contributed by atoms with E-state index >= 15 is 0 Å². The lowest BCUT2D eigenvalue weighted by molar-refractivity contribution is 1.22.